The topological polar surface area (TPSA) is 84.4 Å². The second-order valence-corrected chi connectivity index (χ2v) is 9.67. The smallest absolute Gasteiger partial charge is 0.389 e. The molecule has 5 rings (SSSR count). The molecule has 1 saturated heterocycles. The summed E-state index contributed by atoms with van der Waals surface area (Å²) in [5.41, 5.74) is 7.26. The number of amides is 1. The molecule has 2 heterocycles. The number of nitrogens with zero attached hydrogens (tertiary/aromatic N) is 3. The highest BCUT2D eigenvalue weighted by Crippen LogP contribution is 2.33. The van der Waals surface area contributed by atoms with Crippen LogP contribution >= 0.6 is 0 Å². The van der Waals surface area contributed by atoms with Crippen LogP contribution in [0, 0.1) is 0 Å². The van der Waals surface area contributed by atoms with Gasteiger partial charge in [-0.05, 0) is 54.8 Å². The van der Waals surface area contributed by atoms with E-state index in [1.54, 1.807) is 35.2 Å². The fourth-order valence-corrected chi connectivity index (χ4v) is 4.80. The molecule has 0 unspecified atom stereocenters. The van der Waals surface area contributed by atoms with Crippen molar-refractivity contribution in [3.05, 3.63) is 102 Å². The minimum absolute atomic E-state index is 0.128. The van der Waals surface area contributed by atoms with E-state index in [0.29, 0.717) is 54.9 Å². The zero-order chi connectivity index (χ0) is 26.9. The highest BCUT2D eigenvalue weighted by molar-refractivity contribution is 5.94. The molecule has 1 fully saturated rings. The Morgan fingerprint density at radius 1 is 0.947 bits per heavy atom. The van der Waals surface area contributed by atoms with E-state index >= 15 is 0 Å². The molecular weight excluding hydrogens is 493 g/mol. The molecule has 0 atom stereocenters. The van der Waals surface area contributed by atoms with Gasteiger partial charge in [-0.2, -0.15) is 18.3 Å². The highest BCUT2D eigenvalue weighted by atomic mass is 19.4. The molecule has 0 aliphatic carbocycles. The second-order valence-electron chi connectivity index (χ2n) is 9.67. The zero-order valence-corrected chi connectivity index (χ0v) is 20.5. The van der Waals surface area contributed by atoms with Crippen molar-refractivity contribution in [2.75, 3.05) is 18.8 Å². The van der Waals surface area contributed by atoms with Gasteiger partial charge in [0.05, 0.1) is 22.5 Å². The number of likely N-dealkylation sites (tertiary alicyclic amines) is 1. The Balaban J connectivity index is 1.26. The van der Waals surface area contributed by atoms with Crippen molar-refractivity contribution < 1.29 is 23.1 Å². The number of benzene rings is 3. The van der Waals surface area contributed by atoms with Gasteiger partial charge in [-0.3, -0.25) is 4.79 Å². The highest BCUT2D eigenvalue weighted by Gasteiger charge is 2.34. The van der Waals surface area contributed by atoms with Gasteiger partial charge in [-0.25, -0.2) is 4.68 Å². The summed E-state index contributed by atoms with van der Waals surface area (Å²) in [6.07, 6.45) is -2.92. The van der Waals surface area contributed by atoms with Gasteiger partial charge in [0.1, 0.15) is 5.82 Å². The van der Waals surface area contributed by atoms with Crippen LogP contribution in [-0.4, -0.2) is 44.4 Å². The normalized spacial score (nSPS) is 15.4. The molecule has 0 radical (unpaired) electrons. The van der Waals surface area contributed by atoms with Crippen molar-refractivity contribution in [2.45, 2.75) is 31.0 Å². The fourth-order valence-electron chi connectivity index (χ4n) is 4.80. The van der Waals surface area contributed by atoms with Crippen LogP contribution in [0.1, 0.15) is 34.3 Å². The van der Waals surface area contributed by atoms with Gasteiger partial charge in [0.2, 0.25) is 0 Å². The Labute approximate surface area is 218 Å². The zero-order valence-electron chi connectivity index (χ0n) is 20.5. The van der Waals surface area contributed by atoms with E-state index in [1.807, 2.05) is 30.3 Å². The largest absolute Gasteiger partial charge is 0.416 e. The molecule has 6 nitrogen and oxygen atoms in total. The van der Waals surface area contributed by atoms with Gasteiger partial charge in [0, 0.05) is 36.7 Å². The quantitative estimate of drug-likeness (QED) is 0.372. The van der Waals surface area contributed by atoms with E-state index in [9.17, 15) is 23.1 Å². The van der Waals surface area contributed by atoms with Crippen LogP contribution in [0.3, 0.4) is 0 Å². The Hall–Kier alpha value is -4.11. The van der Waals surface area contributed by atoms with Crippen LogP contribution < -0.4 is 5.73 Å². The average molecular weight is 521 g/mol. The molecule has 4 aromatic rings. The molecule has 0 saturated carbocycles. The first-order valence-corrected chi connectivity index (χ1v) is 12.3. The van der Waals surface area contributed by atoms with Crippen molar-refractivity contribution in [1.29, 1.82) is 0 Å². The van der Waals surface area contributed by atoms with Crippen molar-refractivity contribution in [2.24, 2.45) is 0 Å². The minimum Gasteiger partial charge on any atom is -0.389 e. The number of nitrogens with two attached hydrogens (primary N) is 1. The summed E-state index contributed by atoms with van der Waals surface area (Å²) in [6, 6.07) is 23.0. The van der Waals surface area contributed by atoms with E-state index in [2.05, 4.69) is 5.10 Å². The third kappa shape index (κ3) is 5.43. The fraction of sp³-hybridized carbons (Fsp3) is 0.241. The molecule has 1 amide bonds. The summed E-state index contributed by atoms with van der Waals surface area (Å²) < 4.78 is 40.7. The lowest BCUT2D eigenvalue weighted by Crippen LogP contribution is -2.47. The maximum Gasteiger partial charge on any atom is 0.416 e. The van der Waals surface area contributed by atoms with Crippen molar-refractivity contribution in [3.63, 3.8) is 0 Å². The predicted octanol–water partition coefficient (Wildman–Crippen LogP) is 5.35. The molecule has 1 aromatic heterocycles. The number of aliphatic hydroxyl groups is 1. The van der Waals surface area contributed by atoms with Crippen LogP contribution in [0.15, 0.2) is 84.9 Å². The summed E-state index contributed by atoms with van der Waals surface area (Å²) in [4.78, 5) is 14.8. The first-order chi connectivity index (χ1) is 18.1. The summed E-state index contributed by atoms with van der Waals surface area (Å²) in [5, 5.41) is 15.4. The van der Waals surface area contributed by atoms with Crippen molar-refractivity contribution in [3.8, 4) is 16.9 Å². The molecule has 3 aromatic carbocycles. The molecule has 0 bridgehead atoms. The molecule has 1 aliphatic heterocycles. The lowest BCUT2D eigenvalue weighted by molar-refractivity contribution is -0.137. The van der Waals surface area contributed by atoms with Crippen LogP contribution in [0.25, 0.3) is 16.9 Å². The van der Waals surface area contributed by atoms with E-state index in [-0.39, 0.29) is 11.7 Å². The Bertz CT molecular complexity index is 1420. The molecule has 38 heavy (non-hydrogen) atoms. The lowest BCUT2D eigenvalue weighted by atomic mass is 9.85. The van der Waals surface area contributed by atoms with Gasteiger partial charge >= 0.3 is 6.18 Å². The molecule has 1 aliphatic rings. The van der Waals surface area contributed by atoms with Crippen LogP contribution in [-0.2, 0) is 12.6 Å². The first-order valence-electron chi connectivity index (χ1n) is 12.3. The number of piperidine rings is 1. The maximum absolute atomic E-state index is 13.1. The van der Waals surface area contributed by atoms with Crippen molar-refractivity contribution in [1.82, 2.24) is 14.7 Å². The van der Waals surface area contributed by atoms with Gasteiger partial charge in [0.25, 0.3) is 5.91 Å². The number of alkyl halides is 3. The Morgan fingerprint density at radius 3 is 2.29 bits per heavy atom. The molecular formula is C29H27F3N4O2. The lowest BCUT2D eigenvalue weighted by Gasteiger charge is -2.38. The Morgan fingerprint density at radius 2 is 1.63 bits per heavy atom. The van der Waals surface area contributed by atoms with Crippen LogP contribution in [0.2, 0.25) is 0 Å². The van der Waals surface area contributed by atoms with E-state index in [1.165, 1.54) is 16.8 Å². The van der Waals surface area contributed by atoms with Gasteiger partial charge < -0.3 is 15.7 Å². The van der Waals surface area contributed by atoms with Crippen LogP contribution in [0.5, 0.6) is 0 Å². The molecule has 9 heteroatoms. The summed E-state index contributed by atoms with van der Waals surface area (Å²) >= 11 is 0. The number of anilines is 1. The number of carbonyl (C=O) groups is 1. The summed E-state index contributed by atoms with van der Waals surface area (Å²) in [7, 11) is 0. The maximum atomic E-state index is 13.1. The third-order valence-corrected chi connectivity index (χ3v) is 6.94. The van der Waals surface area contributed by atoms with E-state index in [0.717, 1.165) is 17.7 Å². The standard InChI is InChI=1S/C29H27F3N4O2/c30-29(31,32)23-8-4-7-22(17-23)25-18-26(33)36(34-25)24-11-9-21(10-12-24)27(37)35-15-13-28(38,14-16-35)19-20-5-2-1-3-6-20/h1-12,17-18,38H,13-16,19,33H2. The minimum atomic E-state index is -4.46. The third-order valence-electron chi connectivity index (χ3n) is 6.94. The first kappa shape index (κ1) is 25.5. The monoisotopic (exact) mass is 520 g/mol. The van der Waals surface area contributed by atoms with Crippen LogP contribution in [0.4, 0.5) is 19.0 Å². The molecule has 3 N–H and O–H groups in total. The SMILES string of the molecule is Nc1cc(-c2cccc(C(F)(F)F)c2)nn1-c1ccc(C(=O)N2CCC(O)(Cc3ccccc3)CC2)cc1. The van der Waals surface area contributed by atoms with E-state index < -0.39 is 17.3 Å². The molecule has 0 spiro atoms. The summed E-state index contributed by atoms with van der Waals surface area (Å²) in [6.45, 7) is 0.909. The predicted molar refractivity (Wildman–Crippen MR) is 139 cm³/mol. The average Bonchev–Trinajstić information content (AvgIpc) is 3.30. The van der Waals surface area contributed by atoms with Gasteiger partial charge in [-0.1, -0.05) is 42.5 Å². The number of carbonyl (C=O) groups excluding carboxylic acids is 1. The van der Waals surface area contributed by atoms with E-state index in [4.69, 9.17) is 5.73 Å². The Kier molecular flexibility index (Phi) is 6.71. The second kappa shape index (κ2) is 9.98. The summed E-state index contributed by atoms with van der Waals surface area (Å²) in [5.74, 6) is 0.127. The van der Waals surface area contributed by atoms with Gasteiger partial charge in [0.15, 0.2) is 0 Å². The van der Waals surface area contributed by atoms with Crippen molar-refractivity contribution >= 4 is 11.7 Å². The van der Waals surface area contributed by atoms with Gasteiger partial charge in [-0.15, -0.1) is 0 Å². The number of hydrogen-bond acceptors (Lipinski definition) is 4. The molecule has 196 valence electrons. The number of aromatic nitrogens is 2. The number of nitrogen functional groups attached to an aromatic ring is 1. The number of rotatable bonds is 5. The number of halogens is 3. The number of hydrogen-bond donors (Lipinski definition) is 2.